The maximum absolute atomic E-state index is 12.7. The molecule has 0 saturated carbocycles. The molecular weight excluding hydrogens is 414 g/mol. The van der Waals surface area contributed by atoms with Gasteiger partial charge < -0.3 is 19.6 Å². The highest BCUT2D eigenvalue weighted by molar-refractivity contribution is 5.97. The summed E-state index contributed by atoms with van der Waals surface area (Å²) in [5.74, 6) is 2.38. The molecule has 2 aromatic heterocycles. The monoisotopic (exact) mass is 439 g/mol. The molecule has 1 amide bonds. The molecule has 0 aliphatic rings. The molecule has 2 heterocycles. The number of hydrogen-bond acceptors (Lipinski definition) is 4. The molecule has 0 saturated heterocycles. The summed E-state index contributed by atoms with van der Waals surface area (Å²) in [6.07, 6.45) is 0. The molecule has 1 atom stereocenters. The molecule has 5 rings (SSSR count). The van der Waals surface area contributed by atoms with Crippen molar-refractivity contribution >= 4 is 28.0 Å². The SMILES string of the molecule is CC(c1nc2ccccc2[nH]1)c1nc2ccc(C(=O)NCCOc3ccccc3)cc2n1C. The van der Waals surface area contributed by atoms with Crippen LogP contribution in [0.4, 0.5) is 0 Å². The Kier molecular flexibility index (Phi) is 5.52. The first kappa shape index (κ1) is 20.8. The topological polar surface area (TPSA) is 84.8 Å². The van der Waals surface area contributed by atoms with Gasteiger partial charge in [-0.25, -0.2) is 9.97 Å². The van der Waals surface area contributed by atoms with Crippen molar-refractivity contribution in [2.75, 3.05) is 13.2 Å². The Hall–Kier alpha value is -4.13. The van der Waals surface area contributed by atoms with E-state index in [1.807, 2.05) is 78.3 Å². The smallest absolute Gasteiger partial charge is 0.251 e. The average molecular weight is 440 g/mol. The number of para-hydroxylation sites is 3. The van der Waals surface area contributed by atoms with E-state index in [1.54, 1.807) is 6.07 Å². The van der Waals surface area contributed by atoms with Gasteiger partial charge in [0, 0.05) is 12.6 Å². The van der Waals surface area contributed by atoms with Crippen LogP contribution in [0.5, 0.6) is 5.75 Å². The average Bonchev–Trinajstić information content (AvgIpc) is 3.43. The van der Waals surface area contributed by atoms with Gasteiger partial charge in [0.15, 0.2) is 0 Å². The molecule has 0 fully saturated rings. The first-order chi connectivity index (χ1) is 16.1. The highest BCUT2D eigenvalue weighted by Gasteiger charge is 2.20. The number of carbonyl (C=O) groups excluding carboxylic acids is 1. The number of rotatable bonds is 7. The van der Waals surface area contributed by atoms with Crippen molar-refractivity contribution in [1.29, 1.82) is 0 Å². The van der Waals surface area contributed by atoms with Crippen LogP contribution in [-0.4, -0.2) is 38.6 Å². The highest BCUT2D eigenvalue weighted by Crippen LogP contribution is 2.27. The molecule has 2 N–H and O–H groups in total. The van der Waals surface area contributed by atoms with Crippen molar-refractivity contribution in [3.05, 3.63) is 90.0 Å². The number of carbonyl (C=O) groups is 1. The van der Waals surface area contributed by atoms with Crippen molar-refractivity contribution in [3.63, 3.8) is 0 Å². The lowest BCUT2D eigenvalue weighted by molar-refractivity contribution is 0.0947. The molecule has 33 heavy (non-hydrogen) atoms. The summed E-state index contributed by atoms with van der Waals surface area (Å²) < 4.78 is 7.67. The van der Waals surface area contributed by atoms with Crippen LogP contribution >= 0.6 is 0 Å². The van der Waals surface area contributed by atoms with E-state index in [0.717, 1.165) is 39.5 Å². The van der Waals surface area contributed by atoms with E-state index >= 15 is 0 Å². The maximum Gasteiger partial charge on any atom is 0.251 e. The molecule has 1 unspecified atom stereocenters. The minimum Gasteiger partial charge on any atom is -0.492 e. The van der Waals surface area contributed by atoms with Gasteiger partial charge in [0.25, 0.3) is 5.91 Å². The van der Waals surface area contributed by atoms with Gasteiger partial charge in [-0.3, -0.25) is 4.79 Å². The molecule has 0 aliphatic carbocycles. The van der Waals surface area contributed by atoms with Crippen molar-refractivity contribution in [2.24, 2.45) is 7.05 Å². The number of fused-ring (bicyclic) bond motifs is 2. The van der Waals surface area contributed by atoms with Crippen molar-refractivity contribution in [1.82, 2.24) is 24.8 Å². The first-order valence-electron chi connectivity index (χ1n) is 11.0. The number of aryl methyl sites for hydroxylation is 1. The molecular formula is C26H25N5O2. The first-order valence-corrected chi connectivity index (χ1v) is 11.0. The number of amides is 1. The number of nitrogens with zero attached hydrogens (tertiary/aromatic N) is 3. The lowest BCUT2D eigenvalue weighted by Crippen LogP contribution is -2.28. The van der Waals surface area contributed by atoms with Gasteiger partial charge in [0.2, 0.25) is 0 Å². The summed E-state index contributed by atoms with van der Waals surface area (Å²) in [4.78, 5) is 25.6. The van der Waals surface area contributed by atoms with Gasteiger partial charge in [-0.05, 0) is 49.4 Å². The van der Waals surface area contributed by atoms with Crippen LogP contribution in [0.3, 0.4) is 0 Å². The Balaban J connectivity index is 1.31. The summed E-state index contributed by atoms with van der Waals surface area (Å²) >= 11 is 0. The van der Waals surface area contributed by atoms with Gasteiger partial charge >= 0.3 is 0 Å². The van der Waals surface area contributed by atoms with Crippen LogP contribution in [0.15, 0.2) is 72.8 Å². The third kappa shape index (κ3) is 4.17. The second-order valence-electron chi connectivity index (χ2n) is 8.01. The van der Waals surface area contributed by atoms with Crippen LogP contribution in [0.25, 0.3) is 22.1 Å². The second kappa shape index (κ2) is 8.78. The normalized spacial score (nSPS) is 12.2. The number of aromatic nitrogens is 4. The molecule has 0 aliphatic heterocycles. The van der Waals surface area contributed by atoms with Crippen LogP contribution in [0.2, 0.25) is 0 Å². The zero-order valence-corrected chi connectivity index (χ0v) is 18.6. The molecule has 3 aromatic carbocycles. The molecule has 166 valence electrons. The molecule has 0 spiro atoms. The number of aromatic amines is 1. The Morgan fingerprint density at radius 3 is 2.64 bits per heavy atom. The van der Waals surface area contributed by atoms with E-state index in [2.05, 4.69) is 17.2 Å². The Morgan fingerprint density at radius 2 is 1.82 bits per heavy atom. The molecule has 5 aromatic rings. The minimum atomic E-state index is -0.137. The zero-order chi connectivity index (χ0) is 22.8. The quantitative estimate of drug-likeness (QED) is 0.368. The summed E-state index contributed by atoms with van der Waals surface area (Å²) in [7, 11) is 1.97. The number of H-pyrrole nitrogens is 1. The van der Waals surface area contributed by atoms with Crippen molar-refractivity contribution < 1.29 is 9.53 Å². The third-order valence-electron chi connectivity index (χ3n) is 5.78. The molecule has 0 bridgehead atoms. The second-order valence-corrected chi connectivity index (χ2v) is 8.01. The molecule has 7 heteroatoms. The fourth-order valence-electron chi connectivity index (χ4n) is 3.99. The number of hydrogen-bond donors (Lipinski definition) is 2. The lowest BCUT2D eigenvalue weighted by Gasteiger charge is -2.09. The van der Waals surface area contributed by atoms with Crippen molar-refractivity contribution in [2.45, 2.75) is 12.8 Å². The highest BCUT2D eigenvalue weighted by atomic mass is 16.5. The van der Waals surface area contributed by atoms with Crippen LogP contribution in [0.1, 0.15) is 34.8 Å². The van der Waals surface area contributed by atoms with Crippen molar-refractivity contribution in [3.8, 4) is 5.75 Å². The molecule has 7 nitrogen and oxygen atoms in total. The summed E-state index contributed by atoms with van der Waals surface area (Å²) in [5.41, 5.74) is 4.29. The standard InChI is InChI=1S/C26H25N5O2/c1-17(24-28-20-10-6-7-11-21(20)29-24)25-30-22-13-12-18(16-23(22)31(25)2)26(32)27-14-15-33-19-8-4-3-5-9-19/h3-13,16-17H,14-15H2,1-2H3,(H,27,32)(H,28,29). The van der Waals surface area contributed by atoms with E-state index in [4.69, 9.17) is 14.7 Å². The maximum atomic E-state index is 12.7. The van der Waals surface area contributed by atoms with Crippen LogP contribution < -0.4 is 10.1 Å². The number of benzene rings is 3. The van der Waals surface area contributed by atoms with Crippen LogP contribution in [-0.2, 0) is 7.05 Å². The predicted molar refractivity (Wildman–Crippen MR) is 129 cm³/mol. The third-order valence-corrected chi connectivity index (χ3v) is 5.78. The number of ether oxygens (including phenoxy) is 1. The van der Waals surface area contributed by atoms with E-state index in [0.29, 0.717) is 18.7 Å². The molecule has 0 radical (unpaired) electrons. The van der Waals surface area contributed by atoms with E-state index in [1.165, 1.54) is 0 Å². The van der Waals surface area contributed by atoms with Gasteiger partial charge in [-0.1, -0.05) is 30.3 Å². The fourth-order valence-corrected chi connectivity index (χ4v) is 3.99. The lowest BCUT2D eigenvalue weighted by atomic mass is 10.1. The predicted octanol–water partition coefficient (Wildman–Crippen LogP) is 4.41. The zero-order valence-electron chi connectivity index (χ0n) is 18.6. The van der Waals surface area contributed by atoms with Gasteiger partial charge in [-0.2, -0.15) is 0 Å². The minimum absolute atomic E-state index is 0.0257. The van der Waals surface area contributed by atoms with Gasteiger partial charge in [0.1, 0.15) is 24.0 Å². The largest absolute Gasteiger partial charge is 0.492 e. The summed E-state index contributed by atoms with van der Waals surface area (Å²) in [5, 5.41) is 2.92. The summed E-state index contributed by atoms with van der Waals surface area (Å²) in [6.45, 7) is 2.91. The van der Waals surface area contributed by atoms with E-state index < -0.39 is 0 Å². The fraction of sp³-hybridized carbons (Fsp3) is 0.192. The number of nitrogens with one attached hydrogen (secondary N) is 2. The Bertz CT molecular complexity index is 1390. The summed E-state index contributed by atoms with van der Waals surface area (Å²) in [6, 6.07) is 23.1. The Labute approximate surface area is 191 Å². The van der Waals surface area contributed by atoms with E-state index in [-0.39, 0.29) is 11.8 Å². The van der Waals surface area contributed by atoms with Gasteiger partial charge in [-0.15, -0.1) is 0 Å². The Morgan fingerprint density at radius 1 is 1.03 bits per heavy atom. The van der Waals surface area contributed by atoms with Crippen LogP contribution in [0, 0.1) is 0 Å². The number of imidazole rings is 2. The van der Waals surface area contributed by atoms with Gasteiger partial charge in [0.05, 0.1) is 34.5 Å². The van der Waals surface area contributed by atoms with E-state index in [9.17, 15) is 4.79 Å².